The largest absolute Gasteiger partial charge is 0.496 e. The number of carbonyl (C=O) groups is 1. The third-order valence-electron chi connectivity index (χ3n) is 2.91. The minimum atomic E-state index is 0.0985. The molecule has 17 heavy (non-hydrogen) atoms. The molecule has 0 unspecified atom stereocenters. The van der Waals surface area contributed by atoms with Gasteiger partial charge in [-0.1, -0.05) is 0 Å². The molecule has 1 aliphatic carbocycles. The van der Waals surface area contributed by atoms with Gasteiger partial charge in [0.15, 0.2) is 5.78 Å². The van der Waals surface area contributed by atoms with Crippen molar-refractivity contribution in [2.75, 3.05) is 21.3 Å². The first-order valence-corrected chi connectivity index (χ1v) is 5.55. The lowest BCUT2D eigenvalue weighted by molar-refractivity contribution is 0.0961. The Bertz CT molecular complexity index is 410. The molecule has 2 rings (SSSR count). The molecule has 0 aromatic heterocycles. The summed E-state index contributed by atoms with van der Waals surface area (Å²) in [5.41, 5.74) is 0.526. The Morgan fingerprint density at radius 1 is 1.06 bits per heavy atom. The Kier molecular flexibility index (Phi) is 3.22. The summed E-state index contributed by atoms with van der Waals surface area (Å²) in [6.45, 7) is 0. The lowest BCUT2D eigenvalue weighted by Crippen LogP contribution is -2.07. The minimum Gasteiger partial charge on any atom is -0.496 e. The van der Waals surface area contributed by atoms with Crippen LogP contribution in [0.3, 0.4) is 0 Å². The summed E-state index contributed by atoms with van der Waals surface area (Å²) in [5, 5.41) is 0. The van der Waals surface area contributed by atoms with Crippen molar-refractivity contribution in [3.05, 3.63) is 17.7 Å². The zero-order valence-corrected chi connectivity index (χ0v) is 10.3. The van der Waals surface area contributed by atoms with Crippen molar-refractivity contribution in [3.63, 3.8) is 0 Å². The Morgan fingerprint density at radius 2 is 1.59 bits per heavy atom. The van der Waals surface area contributed by atoms with Gasteiger partial charge in [0.1, 0.15) is 22.8 Å². The van der Waals surface area contributed by atoms with Crippen molar-refractivity contribution in [2.24, 2.45) is 5.92 Å². The lowest BCUT2D eigenvalue weighted by Gasteiger charge is -2.13. The maximum Gasteiger partial charge on any atom is 0.173 e. The van der Waals surface area contributed by atoms with Gasteiger partial charge >= 0.3 is 0 Å². The van der Waals surface area contributed by atoms with Gasteiger partial charge in [-0.05, 0) is 12.8 Å². The monoisotopic (exact) mass is 236 g/mol. The number of benzene rings is 1. The number of ether oxygens (including phenoxy) is 3. The van der Waals surface area contributed by atoms with Gasteiger partial charge in [0.25, 0.3) is 0 Å². The number of ketones is 1. The average molecular weight is 236 g/mol. The highest BCUT2D eigenvalue weighted by Gasteiger charge is 2.34. The molecule has 1 aromatic rings. The van der Waals surface area contributed by atoms with Crippen molar-refractivity contribution in [1.82, 2.24) is 0 Å². The number of rotatable bonds is 5. The van der Waals surface area contributed by atoms with Gasteiger partial charge < -0.3 is 14.2 Å². The number of Topliss-reactive ketones (excluding diaryl/α,β-unsaturated/α-hetero) is 1. The predicted octanol–water partition coefficient (Wildman–Crippen LogP) is 2.31. The van der Waals surface area contributed by atoms with Crippen LogP contribution in [0.15, 0.2) is 12.1 Å². The fourth-order valence-electron chi connectivity index (χ4n) is 1.80. The minimum absolute atomic E-state index is 0.0985. The summed E-state index contributed by atoms with van der Waals surface area (Å²) in [5.74, 6) is 1.87. The summed E-state index contributed by atoms with van der Waals surface area (Å²) in [4.78, 5) is 12.2. The van der Waals surface area contributed by atoms with Crippen molar-refractivity contribution in [2.45, 2.75) is 12.8 Å². The summed E-state index contributed by atoms with van der Waals surface area (Å²) in [6, 6.07) is 3.41. The molecule has 0 heterocycles. The number of carbonyl (C=O) groups excluding carboxylic acids is 1. The molecule has 0 N–H and O–H groups in total. The van der Waals surface area contributed by atoms with Crippen LogP contribution in [0.4, 0.5) is 0 Å². The number of hydrogen-bond acceptors (Lipinski definition) is 4. The van der Waals surface area contributed by atoms with Gasteiger partial charge in [0.2, 0.25) is 0 Å². The molecule has 1 aromatic carbocycles. The van der Waals surface area contributed by atoms with E-state index in [1.807, 2.05) is 0 Å². The highest BCUT2D eigenvalue weighted by atomic mass is 16.5. The van der Waals surface area contributed by atoms with Crippen molar-refractivity contribution >= 4 is 5.78 Å². The van der Waals surface area contributed by atoms with Crippen molar-refractivity contribution < 1.29 is 19.0 Å². The molecule has 0 aliphatic heterocycles. The lowest BCUT2D eigenvalue weighted by atomic mass is 10.0. The fourth-order valence-corrected chi connectivity index (χ4v) is 1.80. The van der Waals surface area contributed by atoms with Crippen LogP contribution in [0.25, 0.3) is 0 Å². The van der Waals surface area contributed by atoms with Crippen LogP contribution < -0.4 is 14.2 Å². The van der Waals surface area contributed by atoms with Crippen molar-refractivity contribution in [3.8, 4) is 17.2 Å². The summed E-state index contributed by atoms with van der Waals surface area (Å²) >= 11 is 0. The van der Waals surface area contributed by atoms with E-state index in [0.717, 1.165) is 12.8 Å². The summed E-state index contributed by atoms with van der Waals surface area (Å²) in [7, 11) is 4.65. The third kappa shape index (κ3) is 2.20. The third-order valence-corrected chi connectivity index (χ3v) is 2.91. The predicted molar refractivity (Wildman–Crippen MR) is 63.2 cm³/mol. The first-order valence-electron chi connectivity index (χ1n) is 5.55. The Labute approximate surface area is 100 Å². The molecule has 1 fully saturated rings. The molecule has 0 bridgehead atoms. The van der Waals surface area contributed by atoms with Crippen LogP contribution in [-0.4, -0.2) is 27.1 Å². The van der Waals surface area contributed by atoms with Crippen LogP contribution in [-0.2, 0) is 0 Å². The van der Waals surface area contributed by atoms with Gasteiger partial charge in [-0.15, -0.1) is 0 Å². The second kappa shape index (κ2) is 4.65. The fraction of sp³-hybridized carbons (Fsp3) is 0.462. The van der Waals surface area contributed by atoms with E-state index >= 15 is 0 Å². The van der Waals surface area contributed by atoms with Gasteiger partial charge in [-0.2, -0.15) is 0 Å². The van der Waals surface area contributed by atoms with E-state index in [9.17, 15) is 4.79 Å². The molecule has 0 radical (unpaired) electrons. The molecule has 0 saturated heterocycles. The Hall–Kier alpha value is -1.71. The van der Waals surface area contributed by atoms with Crippen LogP contribution in [0, 0.1) is 5.92 Å². The SMILES string of the molecule is COc1cc(OC)c(C(=O)C2CC2)c(OC)c1. The zero-order valence-electron chi connectivity index (χ0n) is 10.3. The molecule has 0 spiro atoms. The smallest absolute Gasteiger partial charge is 0.173 e. The van der Waals surface area contributed by atoms with E-state index in [1.165, 1.54) is 14.2 Å². The van der Waals surface area contributed by atoms with Crippen molar-refractivity contribution in [1.29, 1.82) is 0 Å². The quantitative estimate of drug-likeness (QED) is 0.736. The van der Waals surface area contributed by atoms with Gasteiger partial charge in [0, 0.05) is 18.1 Å². The van der Waals surface area contributed by atoms with Gasteiger partial charge in [-0.3, -0.25) is 4.79 Å². The molecular weight excluding hydrogens is 220 g/mol. The molecule has 4 heteroatoms. The van der Waals surface area contributed by atoms with Gasteiger partial charge in [0.05, 0.1) is 21.3 Å². The van der Waals surface area contributed by atoms with Crippen LogP contribution >= 0.6 is 0 Å². The van der Waals surface area contributed by atoms with E-state index in [0.29, 0.717) is 22.8 Å². The van der Waals surface area contributed by atoms with Crippen LogP contribution in [0.2, 0.25) is 0 Å². The summed E-state index contributed by atoms with van der Waals surface area (Å²) in [6.07, 6.45) is 1.91. The van der Waals surface area contributed by atoms with Gasteiger partial charge in [-0.25, -0.2) is 0 Å². The molecule has 1 aliphatic rings. The van der Waals surface area contributed by atoms with Crippen LogP contribution in [0.5, 0.6) is 17.2 Å². The second-order valence-electron chi connectivity index (χ2n) is 4.05. The molecule has 92 valence electrons. The Balaban J connectivity index is 2.49. The number of methoxy groups -OCH3 is 3. The topological polar surface area (TPSA) is 44.8 Å². The van der Waals surface area contributed by atoms with E-state index in [2.05, 4.69) is 0 Å². The normalized spacial score (nSPS) is 14.3. The van der Waals surface area contributed by atoms with Crippen LogP contribution in [0.1, 0.15) is 23.2 Å². The summed E-state index contributed by atoms with van der Waals surface area (Å²) < 4.78 is 15.6. The highest BCUT2D eigenvalue weighted by Crippen LogP contribution is 2.41. The first-order chi connectivity index (χ1) is 8.21. The maximum absolute atomic E-state index is 12.2. The zero-order chi connectivity index (χ0) is 12.4. The molecule has 0 atom stereocenters. The Morgan fingerprint density at radius 3 is 1.94 bits per heavy atom. The molecule has 0 amide bonds. The first kappa shape index (κ1) is 11.8. The average Bonchev–Trinajstić information content (AvgIpc) is 3.20. The highest BCUT2D eigenvalue weighted by molar-refractivity contribution is 6.04. The molecular formula is C13H16O4. The van der Waals surface area contributed by atoms with E-state index in [-0.39, 0.29) is 11.7 Å². The van der Waals surface area contributed by atoms with E-state index in [4.69, 9.17) is 14.2 Å². The second-order valence-corrected chi connectivity index (χ2v) is 4.05. The van der Waals surface area contributed by atoms with E-state index in [1.54, 1.807) is 19.2 Å². The molecule has 1 saturated carbocycles. The maximum atomic E-state index is 12.2. The molecule has 4 nitrogen and oxygen atoms in total. The number of hydrogen-bond donors (Lipinski definition) is 0. The van der Waals surface area contributed by atoms with E-state index < -0.39 is 0 Å². The standard InChI is InChI=1S/C13H16O4/c1-15-9-6-10(16-2)12(11(7-9)17-3)13(14)8-4-5-8/h6-8H,4-5H2,1-3H3.